The first-order chi connectivity index (χ1) is 9.40. The van der Waals surface area contributed by atoms with E-state index in [0.717, 1.165) is 16.8 Å². The average molecular weight is 275 g/mol. The van der Waals surface area contributed by atoms with Gasteiger partial charge in [0.25, 0.3) is 0 Å². The molecule has 0 aromatic heterocycles. The molecule has 0 unspecified atom stereocenters. The first-order valence-corrected chi connectivity index (χ1v) is 6.79. The Labute approximate surface area is 119 Å². The normalized spacial score (nSPS) is 24.9. The van der Waals surface area contributed by atoms with Crippen molar-refractivity contribution in [3.63, 3.8) is 0 Å². The molecule has 2 rings (SSSR count). The molecule has 108 valence electrons. The summed E-state index contributed by atoms with van der Waals surface area (Å²) in [6.45, 7) is 5.16. The van der Waals surface area contributed by atoms with E-state index in [1.165, 1.54) is 6.92 Å². The number of nitrogens with zero attached hydrogens (tertiary/aromatic N) is 1. The van der Waals surface area contributed by atoms with Crippen LogP contribution in [0.1, 0.15) is 30.9 Å². The minimum absolute atomic E-state index is 0.0397. The van der Waals surface area contributed by atoms with Crippen LogP contribution in [-0.4, -0.2) is 29.3 Å². The quantitative estimate of drug-likeness (QED) is 0.826. The number of hydrogen-bond acceptors (Lipinski definition) is 3. The van der Waals surface area contributed by atoms with Crippen molar-refractivity contribution >= 4 is 11.6 Å². The third kappa shape index (κ3) is 2.37. The summed E-state index contributed by atoms with van der Waals surface area (Å²) in [5.74, 6) is -0.0397. The van der Waals surface area contributed by atoms with E-state index in [-0.39, 0.29) is 5.91 Å². The van der Waals surface area contributed by atoms with Crippen LogP contribution in [0.25, 0.3) is 0 Å². The summed E-state index contributed by atoms with van der Waals surface area (Å²) < 4.78 is 0. The van der Waals surface area contributed by atoms with Crippen molar-refractivity contribution < 1.29 is 15.0 Å². The number of aliphatic hydroxyl groups is 2. The predicted molar refractivity (Wildman–Crippen MR) is 78.6 cm³/mol. The van der Waals surface area contributed by atoms with Crippen molar-refractivity contribution in [2.24, 2.45) is 0 Å². The van der Waals surface area contributed by atoms with Gasteiger partial charge in [0, 0.05) is 26.1 Å². The maximum absolute atomic E-state index is 11.4. The van der Waals surface area contributed by atoms with Crippen LogP contribution in [0, 0.1) is 0 Å². The standard InChI is InChI=1S/C16H21NO3/c1-4-9-16(20)14-7-6-13(17(3)11(2)18)10-12(14)5-8-15(16)19/h4,6-7,10,15,19-20H,1,5,8-9H2,2-3H3/t15-,16-/m1/s1. The van der Waals surface area contributed by atoms with Gasteiger partial charge in [-0.15, -0.1) is 6.58 Å². The van der Waals surface area contributed by atoms with E-state index in [2.05, 4.69) is 6.58 Å². The maximum atomic E-state index is 11.4. The summed E-state index contributed by atoms with van der Waals surface area (Å²) >= 11 is 0. The van der Waals surface area contributed by atoms with Crippen molar-refractivity contribution in [3.8, 4) is 0 Å². The average Bonchev–Trinajstić information content (AvgIpc) is 2.42. The van der Waals surface area contributed by atoms with Gasteiger partial charge in [-0.05, 0) is 36.1 Å². The minimum Gasteiger partial charge on any atom is -0.390 e. The van der Waals surface area contributed by atoms with Gasteiger partial charge in [-0.2, -0.15) is 0 Å². The highest BCUT2D eigenvalue weighted by molar-refractivity contribution is 5.91. The number of aryl methyl sites for hydroxylation is 1. The number of carbonyl (C=O) groups is 1. The van der Waals surface area contributed by atoms with E-state index < -0.39 is 11.7 Å². The molecule has 2 N–H and O–H groups in total. The van der Waals surface area contributed by atoms with Crippen molar-refractivity contribution in [2.45, 2.75) is 37.9 Å². The van der Waals surface area contributed by atoms with Gasteiger partial charge in [-0.1, -0.05) is 12.1 Å². The lowest BCUT2D eigenvalue weighted by Crippen LogP contribution is -2.43. The van der Waals surface area contributed by atoms with E-state index in [4.69, 9.17) is 0 Å². The SMILES string of the molecule is C=CC[C@@]1(O)c2ccc(N(C)C(C)=O)cc2CC[C@H]1O. The van der Waals surface area contributed by atoms with Gasteiger partial charge in [0.1, 0.15) is 5.60 Å². The van der Waals surface area contributed by atoms with Crippen LogP contribution in [0.15, 0.2) is 30.9 Å². The maximum Gasteiger partial charge on any atom is 0.223 e. The number of benzene rings is 1. The van der Waals surface area contributed by atoms with Crippen LogP contribution in [0.4, 0.5) is 5.69 Å². The van der Waals surface area contributed by atoms with Crippen LogP contribution in [-0.2, 0) is 16.8 Å². The zero-order chi connectivity index (χ0) is 14.9. The van der Waals surface area contributed by atoms with Gasteiger partial charge >= 0.3 is 0 Å². The van der Waals surface area contributed by atoms with Crippen molar-refractivity contribution in [1.82, 2.24) is 0 Å². The highest BCUT2D eigenvalue weighted by Crippen LogP contribution is 2.39. The topological polar surface area (TPSA) is 60.8 Å². The Bertz CT molecular complexity index is 541. The molecule has 0 heterocycles. The molecule has 1 aromatic rings. The van der Waals surface area contributed by atoms with Gasteiger partial charge in [-0.3, -0.25) is 4.79 Å². The molecule has 2 atom stereocenters. The van der Waals surface area contributed by atoms with E-state index in [0.29, 0.717) is 19.3 Å². The van der Waals surface area contributed by atoms with E-state index in [1.54, 1.807) is 30.2 Å². The summed E-state index contributed by atoms with van der Waals surface area (Å²) in [7, 11) is 1.72. The summed E-state index contributed by atoms with van der Waals surface area (Å²) in [6.07, 6.45) is 2.33. The summed E-state index contributed by atoms with van der Waals surface area (Å²) in [6, 6.07) is 5.51. The lowest BCUT2D eigenvalue weighted by Gasteiger charge is -2.38. The molecule has 0 bridgehead atoms. The van der Waals surface area contributed by atoms with Crippen LogP contribution in [0.5, 0.6) is 0 Å². The number of hydrogen-bond donors (Lipinski definition) is 2. The molecule has 4 heteroatoms. The Morgan fingerprint density at radius 3 is 2.90 bits per heavy atom. The van der Waals surface area contributed by atoms with Gasteiger partial charge in [0.15, 0.2) is 0 Å². The van der Waals surface area contributed by atoms with Crippen LogP contribution < -0.4 is 4.90 Å². The van der Waals surface area contributed by atoms with E-state index >= 15 is 0 Å². The molecule has 20 heavy (non-hydrogen) atoms. The fourth-order valence-electron chi connectivity index (χ4n) is 2.78. The lowest BCUT2D eigenvalue weighted by molar-refractivity contribution is -0.116. The Balaban J connectivity index is 2.46. The fraction of sp³-hybridized carbons (Fsp3) is 0.438. The molecule has 1 aliphatic rings. The van der Waals surface area contributed by atoms with Gasteiger partial charge in [0.05, 0.1) is 6.10 Å². The van der Waals surface area contributed by atoms with E-state index in [1.807, 2.05) is 6.07 Å². The molecule has 1 amide bonds. The third-order valence-electron chi connectivity index (χ3n) is 4.11. The van der Waals surface area contributed by atoms with Crippen LogP contribution in [0.3, 0.4) is 0 Å². The summed E-state index contributed by atoms with van der Waals surface area (Å²) in [5, 5.41) is 20.8. The van der Waals surface area contributed by atoms with Crippen molar-refractivity contribution in [3.05, 3.63) is 42.0 Å². The highest BCUT2D eigenvalue weighted by Gasteiger charge is 2.41. The Kier molecular flexibility index (Phi) is 3.97. The molecule has 0 saturated carbocycles. The molecule has 0 saturated heterocycles. The molecule has 0 aliphatic heterocycles. The second-order valence-corrected chi connectivity index (χ2v) is 5.39. The van der Waals surface area contributed by atoms with E-state index in [9.17, 15) is 15.0 Å². The minimum atomic E-state index is -1.28. The second-order valence-electron chi connectivity index (χ2n) is 5.39. The van der Waals surface area contributed by atoms with Crippen LogP contribution in [0.2, 0.25) is 0 Å². The number of carbonyl (C=O) groups excluding carboxylic acids is 1. The zero-order valence-electron chi connectivity index (χ0n) is 12.0. The first-order valence-electron chi connectivity index (χ1n) is 6.79. The molecule has 0 radical (unpaired) electrons. The number of aliphatic hydroxyl groups excluding tert-OH is 1. The number of amides is 1. The first kappa shape index (κ1) is 14.8. The Morgan fingerprint density at radius 1 is 1.60 bits per heavy atom. The second kappa shape index (κ2) is 5.38. The number of anilines is 1. The lowest BCUT2D eigenvalue weighted by atomic mass is 9.75. The molecule has 1 aromatic carbocycles. The molecule has 4 nitrogen and oxygen atoms in total. The van der Waals surface area contributed by atoms with Gasteiger partial charge < -0.3 is 15.1 Å². The third-order valence-corrected chi connectivity index (χ3v) is 4.11. The van der Waals surface area contributed by atoms with Crippen LogP contribution >= 0.6 is 0 Å². The molecule has 0 fully saturated rings. The number of rotatable bonds is 3. The van der Waals surface area contributed by atoms with Crippen molar-refractivity contribution in [1.29, 1.82) is 0 Å². The Morgan fingerprint density at radius 2 is 2.30 bits per heavy atom. The zero-order valence-corrected chi connectivity index (χ0v) is 12.0. The molecular weight excluding hydrogens is 254 g/mol. The van der Waals surface area contributed by atoms with Gasteiger partial charge in [-0.25, -0.2) is 0 Å². The monoisotopic (exact) mass is 275 g/mol. The predicted octanol–water partition coefficient (Wildman–Crippen LogP) is 1.74. The fourth-order valence-corrected chi connectivity index (χ4v) is 2.78. The smallest absolute Gasteiger partial charge is 0.223 e. The number of fused-ring (bicyclic) bond motifs is 1. The summed E-state index contributed by atoms with van der Waals surface area (Å²) in [5.41, 5.74) is 1.23. The largest absolute Gasteiger partial charge is 0.390 e. The summed E-state index contributed by atoms with van der Waals surface area (Å²) in [4.78, 5) is 13.0. The Hall–Kier alpha value is -1.65. The molecule has 1 aliphatic carbocycles. The molecule has 0 spiro atoms. The highest BCUT2D eigenvalue weighted by atomic mass is 16.3. The molecular formula is C16H21NO3. The van der Waals surface area contributed by atoms with Gasteiger partial charge in [0.2, 0.25) is 5.91 Å². The van der Waals surface area contributed by atoms with Crippen molar-refractivity contribution in [2.75, 3.05) is 11.9 Å².